The number of carbonyl (C=O) groups is 1. The summed E-state index contributed by atoms with van der Waals surface area (Å²) in [5.41, 5.74) is 8.15. The van der Waals surface area contributed by atoms with Gasteiger partial charge in [0.1, 0.15) is 24.7 Å². The normalized spacial score (nSPS) is 14.5. The van der Waals surface area contributed by atoms with Gasteiger partial charge in [0.25, 0.3) is 0 Å². The summed E-state index contributed by atoms with van der Waals surface area (Å²) in [6.45, 7) is 7.07. The van der Waals surface area contributed by atoms with Crippen LogP contribution in [0.3, 0.4) is 0 Å². The number of hydrogen-bond donors (Lipinski definition) is 3. The van der Waals surface area contributed by atoms with Gasteiger partial charge in [-0.2, -0.15) is 14.6 Å². The van der Waals surface area contributed by atoms with E-state index in [0.717, 1.165) is 44.8 Å². The number of aliphatic carboxylic acids is 1. The topological polar surface area (TPSA) is 171 Å². The number of carboxylic acid groups (broad SMARTS) is 1. The molecule has 1 saturated heterocycles. The first-order valence-electron chi connectivity index (χ1n) is 14.5. The van der Waals surface area contributed by atoms with Crippen molar-refractivity contribution in [3.8, 4) is 17.3 Å². The quantitative estimate of drug-likeness (QED) is 0.172. The molecule has 14 nitrogen and oxygen atoms in total. The monoisotopic (exact) mass is 589 g/mol. The van der Waals surface area contributed by atoms with Crippen molar-refractivity contribution in [2.24, 2.45) is 0 Å². The van der Waals surface area contributed by atoms with Gasteiger partial charge in [-0.3, -0.25) is 0 Å². The SMILES string of the molecule is CCCCC(C(=O)O)n1ncc2c1nc(N)n1nc(-c3ccc(COCCOc4ccc(N5CCNCC5)cc4)o3)nc21. The lowest BCUT2D eigenvalue weighted by molar-refractivity contribution is -0.141. The summed E-state index contributed by atoms with van der Waals surface area (Å²) >= 11 is 0. The first kappa shape index (κ1) is 28.4. The Balaban J connectivity index is 1.07. The predicted octanol–water partition coefficient (Wildman–Crippen LogP) is 3.14. The summed E-state index contributed by atoms with van der Waals surface area (Å²) in [4.78, 5) is 23.3. The fourth-order valence-electron chi connectivity index (χ4n) is 5.15. The number of anilines is 2. The summed E-state index contributed by atoms with van der Waals surface area (Å²) in [5, 5.41) is 22.5. The number of aromatic nitrogens is 6. The molecule has 14 heteroatoms. The predicted molar refractivity (Wildman–Crippen MR) is 159 cm³/mol. The Labute approximate surface area is 247 Å². The maximum atomic E-state index is 11.9. The molecular weight excluding hydrogens is 554 g/mol. The molecule has 0 radical (unpaired) electrons. The van der Waals surface area contributed by atoms with Crippen LogP contribution in [0.4, 0.5) is 11.6 Å². The van der Waals surface area contributed by atoms with E-state index in [1.54, 1.807) is 18.3 Å². The van der Waals surface area contributed by atoms with Gasteiger partial charge < -0.3 is 34.9 Å². The van der Waals surface area contributed by atoms with Crippen LogP contribution in [-0.4, -0.2) is 79.8 Å². The van der Waals surface area contributed by atoms with E-state index in [-0.39, 0.29) is 12.6 Å². The Morgan fingerprint density at radius 2 is 1.93 bits per heavy atom. The highest BCUT2D eigenvalue weighted by Crippen LogP contribution is 2.27. The van der Waals surface area contributed by atoms with Crippen molar-refractivity contribution in [2.75, 3.05) is 50.0 Å². The number of nitrogens with zero attached hydrogens (tertiary/aromatic N) is 7. The molecule has 1 atom stereocenters. The van der Waals surface area contributed by atoms with E-state index in [0.29, 0.717) is 53.7 Å². The summed E-state index contributed by atoms with van der Waals surface area (Å²) in [6.07, 6.45) is 3.59. The second-order valence-corrected chi connectivity index (χ2v) is 10.4. The van der Waals surface area contributed by atoms with Crippen LogP contribution < -0.4 is 20.7 Å². The molecule has 1 aromatic carbocycles. The average molecular weight is 590 g/mol. The Kier molecular flexibility index (Phi) is 8.38. The molecule has 1 unspecified atom stereocenters. The van der Waals surface area contributed by atoms with Crippen LogP contribution in [0.15, 0.2) is 47.0 Å². The third kappa shape index (κ3) is 6.10. The number of benzene rings is 1. The fraction of sp³-hybridized carbons (Fsp3) is 0.414. The second kappa shape index (κ2) is 12.7. The van der Waals surface area contributed by atoms with E-state index in [1.807, 2.05) is 19.1 Å². The van der Waals surface area contributed by atoms with Crippen LogP contribution in [0, 0.1) is 0 Å². The summed E-state index contributed by atoms with van der Waals surface area (Å²) < 4.78 is 20.3. The zero-order valence-electron chi connectivity index (χ0n) is 24.0. The average Bonchev–Trinajstić information content (AvgIpc) is 3.77. The number of rotatable bonds is 13. The molecule has 0 spiro atoms. The molecule has 1 aliphatic rings. The number of furan rings is 1. The molecule has 1 fully saturated rings. The maximum Gasteiger partial charge on any atom is 0.328 e. The highest BCUT2D eigenvalue weighted by Gasteiger charge is 2.25. The lowest BCUT2D eigenvalue weighted by Gasteiger charge is -2.29. The van der Waals surface area contributed by atoms with E-state index >= 15 is 0 Å². The first-order valence-corrected chi connectivity index (χ1v) is 14.5. The third-order valence-electron chi connectivity index (χ3n) is 7.41. The Morgan fingerprint density at radius 1 is 1.12 bits per heavy atom. The van der Waals surface area contributed by atoms with E-state index in [1.165, 1.54) is 14.9 Å². The van der Waals surface area contributed by atoms with Crippen LogP contribution in [0.1, 0.15) is 38.0 Å². The Morgan fingerprint density at radius 3 is 2.70 bits per heavy atom. The van der Waals surface area contributed by atoms with Crippen molar-refractivity contribution in [2.45, 2.75) is 38.8 Å². The highest BCUT2D eigenvalue weighted by atomic mass is 16.5. The molecule has 4 N–H and O–H groups in total. The molecule has 0 saturated carbocycles. The van der Waals surface area contributed by atoms with Gasteiger partial charge in [-0.25, -0.2) is 14.5 Å². The zero-order chi connectivity index (χ0) is 29.8. The Hall–Kier alpha value is -4.69. The second-order valence-electron chi connectivity index (χ2n) is 10.4. The van der Waals surface area contributed by atoms with Crippen LogP contribution in [0.25, 0.3) is 28.3 Å². The van der Waals surface area contributed by atoms with Crippen molar-refractivity contribution < 1.29 is 23.8 Å². The van der Waals surface area contributed by atoms with Crippen LogP contribution in [0.5, 0.6) is 5.75 Å². The van der Waals surface area contributed by atoms with Crippen molar-refractivity contribution >= 4 is 34.3 Å². The number of hydrogen-bond acceptors (Lipinski definition) is 11. The minimum Gasteiger partial charge on any atom is -0.491 e. The van der Waals surface area contributed by atoms with Gasteiger partial charge in [0.15, 0.2) is 23.1 Å². The molecule has 5 aromatic rings. The fourth-order valence-corrected chi connectivity index (χ4v) is 5.15. The summed E-state index contributed by atoms with van der Waals surface area (Å²) in [6, 6.07) is 10.8. The molecule has 5 heterocycles. The number of piperazine rings is 1. The molecule has 43 heavy (non-hydrogen) atoms. The van der Waals surface area contributed by atoms with E-state index < -0.39 is 12.0 Å². The van der Waals surface area contributed by atoms with Crippen molar-refractivity contribution in [3.05, 3.63) is 48.4 Å². The smallest absolute Gasteiger partial charge is 0.328 e. The van der Waals surface area contributed by atoms with Crippen LogP contribution in [-0.2, 0) is 16.1 Å². The third-order valence-corrected chi connectivity index (χ3v) is 7.41. The zero-order valence-corrected chi connectivity index (χ0v) is 24.0. The molecule has 4 aromatic heterocycles. The van der Waals surface area contributed by atoms with Gasteiger partial charge in [0.2, 0.25) is 11.8 Å². The van der Waals surface area contributed by atoms with Gasteiger partial charge in [0, 0.05) is 31.9 Å². The largest absolute Gasteiger partial charge is 0.491 e. The van der Waals surface area contributed by atoms with Crippen molar-refractivity contribution in [1.82, 2.24) is 34.7 Å². The van der Waals surface area contributed by atoms with E-state index in [2.05, 4.69) is 42.5 Å². The number of nitrogens with two attached hydrogens (primary N) is 1. The van der Waals surface area contributed by atoms with Gasteiger partial charge in [-0.15, -0.1) is 5.10 Å². The summed E-state index contributed by atoms with van der Waals surface area (Å²) in [5.74, 6) is 1.25. The minimum absolute atomic E-state index is 0.0659. The van der Waals surface area contributed by atoms with Gasteiger partial charge >= 0.3 is 5.97 Å². The lowest BCUT2D eigenvalue weighted by Crippen LogP contribution is -2.43. The van der Waals surface area contributed by atoms with Crippen LogP contribution in [0.2, 0.25) is 0 Å². The van der Waals surface area contributed by atoms with Crippen molar-refractivity contribution in [1.29, 1.82) is 0 Å². The van der Waals surface area contributed by atoms with Gasteiger partial charge in [0.05, 0.1) is 18.2 Å². The Bertz CT molecular complexity index is 1690. The molecule has 6 rings (SSSR count). The molecule has 226 valence electrons. The summed E-state index contributed by atoms with van der Waals surface area (Å²) in [7, 11) is 0. The van der Waals surface area contributed by atoms with E-state index in [9.17, 15) is 9.90 Å². The number of carboxylic acids is 1. The van der Waals surface area contributed by atoms with E-state index in [4.69, 9.17) is 19.6 Å². The molecule has 0 aliphatic carbocycles. The molecular formula is C29H35N9O5. The van der Waals surface area contributed by atoms with Gasteiger partial charge in [-0.1, -0.05) is 19.8 Å². The number of nitrogens with one attached hydrogen (secondary N) is 1. The highest BCUT2D eigenvalue weighted by molar-refractivity contribution is 5.91. The molecule has 0 bridgehead atoms. The number of ether oxygens (including phenoxy) is 2. The number of fused-ring (bicyclic) bond motifs is 3. The molecule has 0 amide bonds. The standard InChI is InChI=1S/C29H35N9O5/c1-2-3-4-23(28(39)40)37-27-22(17-32-37)26-33-25(35-38(26)29(30)34-27)24-10-9-21(43-24)18-41-15-16-42-20-7-5-19(6-8-20)36-13-11-31-12-14-36/h5-10,17,23,31H,2-4,11-16,18H2,1H3,(H2,30,34)(H,39,40). The number of nitrogen functional groups attached to an aromatic ring is 1. The van der Waals surface area contributed by atoms with Gasteiger partial charge in [-0.05, 0) is 42.8 Å². The maximum absolute atomic E-state index is 11.9. The first-order chi connectivity index (χ1) is 21.0. The van der Waals surface area contributed by atoms with Crippen molar-refractivity contribution in [3.63, 3.8) is 0 Å². The molecule has 1 aliphatic heterocycles. The lowest BCUT2D eigenvalue weighted by atomic mass is 10.1. The minimum atomic E-state index is -0.974. The number of unbranched alkanes of at least 4 members (excludes halogenated alkanes) is 1. The van der Waals surface area contributed by atoms with Crippen LogP contribution >= 0.6 is 0 Å².